The fraction of sp³-hybridized carbons (Fsp3) is 0.286. The molecular formula is C21H20Cl2N4OS. The van der Waals surface area contributed by atoms with Crippen molar-refractivity contribution >= 4 is 40.9 Å². The molecule has 4 rings (SSSR count). The lowest BCUT2D eigenvalue weighted by atomic mass is 10.2. The number of hydrogen-bond acceptors (Lipinski definition) is 4. The molecule has 0 spiro atoms. The van der Waals surface area contributed by atoms with Gasteiger partial charge < -0.3 is 5.32 Å². The Bertz CT molecular complexity index is 1000. The molecule has 0 unspecified atom stereocenters. The van der Waals surface area contributed by atoms with Gasteiger partial charge in [0.2, 0.25) is 5.91 Å². The van der Waals surface area contributed by atoms with Crippen molar-refractivity contribution in [2.24, 2.45) is 0 Å². The first-order chi connectivity index (χ1) is 14.1. The van der Waals surface area contributed by atoms with Crippen LogP contribution in [0.5, 0.6) is 0 Å². The number of nitrogens with zero attached hydrogens (tertiary/aromatic N) is 3. The van der Waals surface area contributed by atoms with Crippen LogP contribution in [-0.2, 0) is 4.79 Å². The number of hydrogen-bond donors (Lipinski definition) is 1. The van der Waals surface area contributed by atoms with E-state index in [1.807, 2.05) is 41.0 Å². The number of carbonyl (C=O) groups excluding carboxylic acids is 1. The first-order valence-corrected chi connectivity index (χ1v) is 11.2. The highest BCUT2D eigenvalue weighted by Gasteiger charge is 2.21. The second-order valence-corrected chi connectivity index (χ2v) is 8.73. The number of carbonyl (C=O) groups is 1. The molecular weight excluding hydrogens is 427 g/mol. The average molecular weight is 447 g/mol. The molecule has 3 aromatic rings. The van der Waals surface area contributed by atoms with Crippen LogP contribution in [0.15, 0.2) is 53.7 Å². The second-order valence-electron chi connectivity index (χ2n) is 6.94. The lowest BCUT2D eigenvalue weighted by Gasteiger charge is -2.13. The van der Waals surface area contributed by atoms with Crippen LogP contribution in [0.4, 0.5) is 0 Å². The van der Waals surface area contributed by atoms with Crippen LogP contribution in [0.1, 0.15) is 25.7 Å². The number of amides is 1. The predicted octanol–water partition coefficient (Wildman–Crippen LogP) is 5.39. The first-order valence-electron chi connectivity index (χ1n) is 9.50. The largest absolute Gasteiger partial charge is 0.353 e. The number of aromatic nitrogens is 3. The Morgan fingerprint density at radius 1 is 1.10 bits per heavy atom. The van der Waals surface area contributed by atoms with E-state index in [0.29, 0.717) is 27.1 Å². The molecule has 29 heavy (non-hydrogen) atoms. The number of rotatable bonds is 6. The van der Waals surface area contributed by atoms with E-state index in [1.54, 1.807) is 12.1 Å². The summed E-state index contributed by atoms with van der Waals surface area (Å²) in [5.41, 5.74) is 1.63. The van der Waals surface area contributed by atoms with Crippen molar-refractivity contribution in [1.82, 2.24) is 20.1 Å². The summed E-state index contributed by atoms with van der Waals surface area (Å²) >= 11 is 13.8. The highest BCUT2D eigenvalue weighted by atomic mass is 35.5. The fourth-order valence-electron chi connectivity index (χ4n) is 3.49. The number of halogens is 2. The standard InChI is InChI=1S/C21H20Cl2N4OS/c22-14-10-11-17(18(23)12-14)20-25-26-21(27(20)16-8-2-1-3-9-16)29-13-19(28)24-15-6-4-5-7-15/h1-3,8-12,15H,4-7,13H2,(H,24,28). The molecule has 1 heterocycles. The Morgan fingerprint density at radius 3 is 2.59 bits per heavy atom. The number of benzene rings is 2. The number of para-hydroxylation sites is 1. The van der Waals surface area contributed by atoms with E-state index in [2.05, 4.69) is 15.5 Å². The van der Waals surface area contributed by atoms with Gasteiger partial charge in [0.05, 0.1) is 10.8 Å². The molecule has 0 aliphatic heterocycles. The quantitative estimate of drug-likeness (QED) is 0.515. The van der Waals surface area contributed by atoms with Crippen LogP contribution < -0.4 is 5.32 Å². The molecule has 1 fully saturated rings. The summed E-state index contributed by atoms with van der Waals surface area (Å²) < 4.78 is 1.92. The smallest absolute Gasteiger partial charge is 0.230 e. The Labute approximate surface area is 183 Å². The Balaban J connectivity index is 1.62. The molecule has 1 aromatic heterocycles. The summed E-state index contributed by atoms with van der Waals surface area (Å²) in [7, 11) is 0. The molecule has 1 aliphatic carbocycles. The summed E-state index contributed by atoms with van der Waals surface area (Å²) in [5, 5.41) is 13.5. The molecule has 150 valence electrons. The lowest BCUT2D eigenvalue weighted by Crippen LogP contribution is -2.33. The van der Waals surface area contributed by atoms with E-state index in [4.69, 9.17) is 23.2 Å². The Kier molecular flexibility index (Phi) is 6.43. The van der Waals surface area contributed by atoms with Crippen molar-refractivity contribution in [1.29, 1.82) is 0 Å². The maximum atomic E-state index is 12.4. The number of thioether (sulfide) groups is 1. The highest BCUT2D eigenvalue weighted by molar-refractivity contribution is 7.99. The summed E-state index contributed by atoms with van der Waals surface area (Å²) in [4.78, 5) is 12.4. The van der Waals surface area contributed by atoms with Crippen LogP contribution in [0.3, 0.4) is 0 Å². The molecule has 1 amide bonds. The first kappa shape index (κ1) is 20.3. The van der Waals surface area contributed by atoms with Gasteiger partial charge in [-0.15, -0.1) is 10.2 Å². The topological polar surface area (TPSA) is 59.8 Å². The maximum absolute atomic E-state index is 12.4. The van der Waals surface area contributed by atoms with Crippen molar-refractivity contribution in [3.8, 4) is 17.1 Å². The van der Waals surface area contributed by atoms with Gasteiger partial charge in [0, 0.05) is 22.3 Å². The van der Waals surface area contributed by atoms with E-state index in [9.17, 15) is 4.79 Å². The van der Waals surface area contributed by atoms with Crippen LogP contribution >= 0.6 is 35.0 Å². The summed E-state index contributed by atoms with van der Waals surface area (Å²) in [6, 6.07) is 15.4. The zero-order valence-corrected chi connectivity index (χ0v) is 18.0. The van der Waals surface area contributed by atoms with Gasteiger partial charge in [-0.3, -0.25) is 9.36 Å². The van der Waals surface area contributed by atoms with Gasteiger partial charge in [-0.25, -0.2) is 0 Å². The molecule has 5 nitrogen and oxygen atoms in total. The fourth-order valence-corrected chi connectivity index (χ4v) is 4.74. The van der Waals surface area contributed by atoms with Crippen molar-refractivity contribution in [3.05, 3.63) is 58.6 Å². The van der Waals surface area contributed by atoms with Gasteiger partial charge in [0.15, 0.2) is 11.0 Å². The molecule has 0 radical (unpaired) electrons. The van der Waals surface area contributed by atoms with Crippen LogP contribution in [0, 0.1) is 0 Å². The minimum atomic E-state index is 0.0237. The Hall–Kier alpha value is -2.02. The summed E-state index contributed by atoms with van der Waals surface area (Å²) in [5.74, 6) is 0.919. The van der Waals surface area contributed by atoms with Crippen LogP contribution in [0.2, 0.25) is 10.0 Å². The zero-order chi connectivity index (χ0) is 20.2. The van der Waals surface area contributed by atoms with E-state index in [1.165, 1.54) is 24.6 Å². The third-order valence-corrected chi connectivity index (χ3v) is 6.35. The van der Waals surface area contributed by atoms with Gasteiger partial charge >= 0.3 is 0 Å². The third kappa shape index (κ3) is 4.77. The van der Waals surface area contributed by atoms with E-state index in [0.717, 1.165) is 24.1 Å². The molecule has 1 aliphatic rings. The van der Waals surface area contributed by atoms with E-state index < -0.39 is 0 Å². The lowest BCUT2D eigenvalue weighted by molar-refractivity contribution is -0.119. The minimum Gasteiger partial charge on any atom is -0.353 e. The Morgan fingerprint density at radius 2 is 1.86 bits per heavy atom. The van der Waals surface area contributed by atoms with Gasteiger partial charge in [0.1, 0.15) is 0 Å². The van der Waals surface area contributed by atoms with Gasteiger partial charge in [-0.1, -0.05) is 66.0 Å². The maximum Gasteiger partial charge on any atom is 0.230 e. The molecule has 1 saturated carbocycles. The normalized spacial score (nSPS) is 14.3. The highest BCUT2D eigenvalue weighted by Crippen LogP contribution is 2.33. The predicted molar refractivity (Wildman–Crippen MR) is 118 cm³/mol. The van der Waals surface area contributed by atoms with Crippen molar-refractivity contribution in [2.45, 2.75) is 36.9 Å². The molecule has 8 heteroatoms. The summed E-state index contributed by atoms with van der Waals surface area (Å²) in [6.45, 7) is 0. The monoisotopic (exact) mass is 446 g/mol. The minimum absolute atomic E-state index is 0.0237. The van der Waals surface area contributed by atoms with Gasteiger partial charge in [-0.2, -0.15) is 0 Å². The van der Waals surface area contributed by atoms with Crippen molar-refractivity contribution in [2.75, 3.05) is 5.75 Å². The zero-order valence-electron chi connectivity index (χ0n) is 15.6. The SMILES string of the molecule is O=C(CSc1nnc(-c2ccc(Cl)cc2Cl)n1-c1ccccc1)NC1CCCC1. The van der Waals surface area contributed by atoms with Crippen molar-refractivity contribution in [3.63, 3.8) is 0 Å². The third-order valence-electron chi connectivity index (χ3n) is 4.87. The van der Waals surface area contributed by atoms with Gasteiger partial charge in [0.25, 0.3) is 0 Å². The van der Waals surface area contributed by atoms with Gasteiger partial charge in [-0.05, 0) is 43.2 Å². The molecule has 0 bridgehead atoms. The second kappa shape index (κ2) is 9.20. The van der Waals surface area contributed by atoms with Crippen molar-refractivity contribution < 1.29 is 4.79 Å². The van der Waals surface area contributed by atoms with E-state index in [-0.39, 0.29) is 11.7 Å². The van der Waals surface area contributed by atoms with Crippen LogP contribution in [-0.4, -0.2) is 32.5 Å². The molecule has 0 saturated heterocycles. The molecule has 2 aromatic carbocycles. The molecule has 1 N–H and O–H groups in total. The van der Waals surface area contributed by atoms with E-state index >= 15 is 0 Å². The number of nitrogens with one attached hydrogen (secondary N) is 1. The van der Waals surface area contributed by atoms with Crippen LogP contribution in [0.25, 0.3) is 17.1 Å². The average Bonchev–Trinajstić information content (AvgIpc) is 3.37. The summed E-state index contributed by atoms with van der Waals surface area (Å²) in [6.07, 6.45) is 4.50. The molecule has 0 atom stereocenters.